The van der Waals surface area contributed by atoms with E-state index in [0.717, 1.165) is 26.7 Å². The molecule has 0 spiro atoms. The Bertz CT molecular complexity index is 1250. The molecule has 3 aromatic carbocycles. The molecular formula is C23H13BrCl3NO3S. The van der Waals surface area contributed by atoms with Crippen LogP contribution in [-0.4, -0.2) is 11.1 Å². The second-order valence-corrected chi connectivity index (χ2v) is 9.87. The minimum atomic E-state index is -0.405. The standard InChI is InChI=1S/C23H13BrCl3NO3S/c24-15-2-8-20(31-12-13-1-7-18(26)19(27)9-13)14(10-15)11-21-22(29)28(23(30)32-21)17-5-3-16(25)4-6-17/h1-11H,12H2/b21-11+. The van der Waals surface area contributed by atoms with Crippen LogP contribution in [-0.2, 0) is 11.4 Å². The Labute approximate surface area is 212 Å². The monoisotopic (exact) mass is 567 g/mol. The molecule has 2 amide bonds. The highest BCUT2D eigenvalue weighted by atomic mass is 79.9. The maximum atomic E-state index is 13.0. The van der Waals surface area contributed by atoms with Gasteiger partial charge in [-0.1, -0.05) is 56.8 Å². The first-order valence-corrected chi connectivity index (χ1v) is 12.0. The molecule has 32 heavy (non-hydrogen) atoms. The average Bonchev–Trinajstić information content (AvgIpc) is 3.03. The Balaban J connectivity index is 1.60. The summed E-state index contributed by atoms with van der Waals surface area (Å²) in [7, 11) is 0. The van der Waals surface area contributed by atoms with Gasteiger partial charge in [-0.05, 0) is 78.0 Å². The van der Waals surface area contributed by atoms with E-state index in [0.29, 0.717) is 37.0 Å². The van der Waals surface area contributed by atoms with Crippen LogP contribution < -0.4 is 9.64 Å². The Morgan fingerprint density at radius 1 is 0.938 bits per heavy atom. The molecule has 4 rings (SSSR count). The summed E-state index contributed by atoms with van der Waals surface area (Å²) in [5.74, 6) is 0.148. The molecule has 0 atom stereocenters. The van der Waals surface area contributed by atoms with Crippen molar-refractivity contribution in [2.45, 2.75) is 6.61 Å². The van der Waals surface area contributed by atoms with E-state index in [4.69, 9.17) is 39.5 Å². The van der Waals surface area contributed by atoms with E-state index in [1.165, 1.54) is 0 Å². The van der Waals surface area contributed by atoms with Crippen molar-refractivity contribution >= 4 is 85.4 Å². The third-order valence-electron chi connectivity index (χ3n) is 4.52. The molecule has 0 bridgehead atoms. The van der Waals surface area contributed by atoms with Crippen LogP contribution in [0.25, 0.3) is 6.08 Å². The quantitative estimate of drug-likeness (QED) is 0.291. The van der Waals surface area contributed by atoms with Crippen LogP contribution in [0.2, 0.25) is 15.1 Å². The molecule has 0 aromatic heterocycles. The summed E-state index contributed by atoms with van der Waals surface area (Å²) in [4.78, 5) is 26.9. The van der Waals surface area contributed by atoms with E-state index < -0.39 is 5.91 Å². The number of imide groups is 1. The Morgan fingerprint density at radius 2 is 1.69 bits per heavy atom. The zero-order chi connectivity index (χ0) is 22.8. The van der Waals surface area contributed by atoms with Gasteiger partial charge >= 0.3 is 0 Å². The van der Waals surface area contributed by atoms with Gasteiger partial charge in [0.1, 0.15) is 12.4 Å². The maximum absolute atomic E-state index is 13.0. The number of ether oxygens (including phenoxy) is 1. The molecular weight excluding hydrogens is 557 g/mol. The second-order valence-electron chi connectivity index (χ2n) is 6.71. The summed E-state index contributed by atoms with van der Waals surface area (Å²) in [6, 6.07) is 17.2. The van der Waals surface area contributed by atoms with Gasteiger partial charge in [0, 0.05) is 15.1 Å². The first-order valence-electron chi connectivity index (χ1n) is 9.21. The minimum absolute atomic E-state index is 0.256. The number of anilines is 1. The zero-order valence-corrected chi connectivity index (χ0v) is 20.8. The Kier molecular flexibility index (Phi) is 7.17. The van der Waals surface area contributed by atoms with Crippen molar-refractivity contribution in [2.75, 3.05) is 4.90 Å². The molecule has 1 fully saturated rings. The van der Waals surface area contributed by atoms with Gasteiger partial charge in [0.15, 0.2) is 0 Å². The first kappa shape index (κ1) is 23.2. The van der Waals surface area contributed by atoms with Gasteiger partial charge in [0.05, 0.1) is 20.6 Å². The number of hydrogen-bond acceptors (Lipinski definition) is 4. The van der Waals surface area contributed by atoms with Crippen LogP contribution in [0.3, 0.4) is 0 Å². The zero-order valence-electron chi connectivity index (χ0n) is 16.2. The van der Waals surface area contributed by atoms with E-state index in [2.05, 4.69) is 15.9 Å². The van der Waals surface area contributed by atoms with Gasteiger partial charge in [-0.15, -0.1) is 0 Å². The summed E-state index contributed by atoms with van der Waals surface area (Å²) in [5, 5.41) is 1.06. The van der Waals surface area contributed by atoms with E-state index in [-0.39, 0.29) is 11.8 Å². The summed E-state index contributed by atoms with van der Waals surface area (Å²) in [6.45, 7) is 0.256. The Morgan fingerprint density at radius 3 is 2.41 bits per heavy atom. The number of halogens is 4. The van der Waals surface area contributed by atoms with Crippen LogP contribution in [0.5, 0.6) is 5.75 Å². The van der Waals surface area contributed by atoms with Crippen LogP contribution in [0, 0.1) is 0 Å². The molecule has 3 aromatic rings. The molecule has 0 saturated carbocycles. The number of benzene rings is 3. The average molecular weight is 570 g/mol. The van der Waals surface area contributed by atoms with Crippen LogP contribution in [0.15, 0.2) is 70.0 Å². The lowest BCUT2D eigenvalue weighted by Crippen LogP contribution is -2.27. The highest BCUT2D eigenvalue weighted by Gasteiger charge is 2.36. The molecule has 1 aliphatic rings. The minimum Gasteiger partial charge on any atom is -0.488 e. The van der Waals surface area contributed by atoms with Gasteiger partial charge in [-0.3, -0.25) is 9.59 Å². The molecule has 162 valence electrons. The maximum Gasteiger partial charge on any atom is 0.298 e. The molecule has 1 saturated heterocycles. The summed E-state index contributed by atoms with van der Waals surface area (Å²) in [6.07, 6.45) is 1.65. The van der Waals surface area contributed by atoms with Gasteiger partial charge in [-0.2, -0.15) is 0 Å². The van der Waals surface area contributed by atoms with Crippen molar-refractivity contribution in [1.29, 1.82) is 0 Å². The van der Waals surface area contributed by atoms with Crippen molar-refractivity contribution in [3.05, 3.63) is 96.2 Å². The van der Waals surface area contributed by atoms with Crippen molar-refractivity contribution in [2.24, 2.45) is 0 Å². The topological polar surface area (TPSA) is 46.6 Å². The lowest BCUT2D eigenvalue weighted by Gasteiger charge is -2.12. The van der Waals surface area contributed by atoms with E-state index >= 15 is 0 Å². The number of thioether (sulfide) groups is 1. The highest BCUT2D eigenvalue weighted by molar-refractivity contribution is 9.10. The summed E-state index contributed by atoms with van der Waals surface area (Å²) in [5.41, 5.74) is 1.96. The number of hydrogen-bond donors (Lipinski definition) is 0. The van der Waals surface area contributed by atoms with E-state index in [1.54, 1.807) is 48.5 Å². The SMILES string of the molecule is O=C1S/C(=C/c2cc(Br)ccc2OCc2ccc(Cl)c(Cl)c2)C(=O)N1c1ccc(Cl)cc1. The summed E-state index contributed by atoms with van der Waals surface area (Å²) < 4.78 is 6.78. The molecule has 0 radical (unpaired) electrons. The smallest absolute Gasteiger partial charge is 0.298 e. The Hall–Kier alpha value is -1.96. The molecule has 0 N–H and O–H groups in total. The largest absolute Gasteiger partial charge is 0.488 e. The fraction of sp³-hybridized carbons (Fsp3) is 0.0435. The van der Waals surface area contributed by atoms with Gasteiger partial charge in [-0.25, -0.2) is 4.90 Å². The van der Waals surface area contributed by atoms with Gasteiger partial charge < -0.3 is 4.74 Å². The van der Waals surface area contributed by atoms with Crippen molar-refractivity contribution in [3.8, 4) is 5.75 Å². The number of carbonyl (C=O) groups is 2. The number of amides is 2. The molecule has 0 unspecified atom stereocenters. The van der Waals surface area contributed by atoms with Crippen LogP contribution in [0.4, 0.5) is 10.5 Å². The normalized spacial score (nSPS) is 15.0. The summed E-state index contributed by atoms with van der Waals surface area (Å²) >= 11 is 22.3. The van der Waals surface area contributed by atoms with Crippen LogP contribution >= 0.6 is 62.5 Å². The number of rotatable bonds is 5. The lowest BCUT2D eigenvalue weighted by molar-refractivity contribution is -0.113. The number of nitrogens with zero attached hydrogens (tertiary/aromatic N) is 1. The first-order chi connectivity index (χ1) is 15.3. The third-order valence-corrected chi connectivity index (χ3v) is 6.87. The van der Waals surface area contributed by atoms with Crippen molar-refractivity contribution in [1.82, 2.24) is 0 Å². The molecule has 0 aliphatic carbocycles. The predicted octanol–water partition coefficient (Wildman–Crippen LogP) is 8.23. The molecule has 9 heteroatoms. The highest BCUT2D eigenvalue weighted by Crippen LogP contribution is 2.38. The van der Waals surface area contributed by atoms with Crippen LogP contribution in [0.1, 0.15) is 11.1 Å². The fourth-order valence-corrected chi connectivity index (χ4v) is 4.63. The second kappa shape index (κ2) is 9.89. The van der Waals surface area contributed by atoms with Gasteiger partial charge in [0.25, 0.3) is 11.1 Å². The van der Waals surface area contributed by atoms with E-state index in [9.17, 15) is 9.59 Å². The van der Waals surface area contributed by atoms with Gasteiger partial charge in [0.2, 0.25) is 0 Å². The predicted molar refractivity (Wildman–Crippen MR) is 135 cm³/mol. The van der Waals surface area contributed by atoms with Crippen molar-refractivity contribution in [3.63, 3.8) is 0 Å². The number of carbonyl (C=O) groups excluding carboxylic acids is 2. The van der Waals surface area contributed by atoms with Crippen molar-refractivity contribution < 1.29 is 14.3 Å². The molecule has 1 aliphatic heterocycles. The fourth-order valence-electron chi connectivity index (χ4n) is 2.98. The molecule has 4 nitrogen and oxygen atoms in total. The lowest BCUT2D eigenvalue weighted by atomic mass is 10.1. The van der Waals surface area contributed by atoms with E-state index in [1.807, 2.05) is 18.2 Å². The molecule has 1 heterocycles. The third kappa shape index (κ3) is 5.16.